The van der Waals surface area contributed by atoms with E-state index in [9.17, 15) is 22.4 Å². The van der Waals surface area contributed by atoms with Crippen molar-refractivity contribution in [1.29, 1.82) is 0 Å². The third kappa shape index (κ3) is 3.73. The first-order valence-corrected chi connectivity index (χ1v) is 8.91. The van der Waals surface area contributed by atoms with Crippen LogP contribution in [0.15, 0.2) is 29.2 Å². The normalized spacial score (nSPS) is 19.1. The second-order valence-corrected chi connectivity index (χ2v) is 7.19. The third-order valence-corrected chi connectivity index (χ3v) is 5.68. The molecule has 7 nitrogen and oxygen atoms in total. The van der Waals surface area contributed by atoms with Gasteiger partial charge in [0.2, 0.25) is 15.9 Å². The van der Waals surface area contributed by atoms with Crippen molar-refractivity contribution in [3.05, 3.63) is 30.1 Å². The van der Waals surface area contributed by atoms with Gasteiger partial charge >= 0.3 is 5.97 Å². The molecule has 1 atom stereocenters. The first kappa shape index (κ1) is 18.3. The summed E-state index contributed by atoms with van der Waals surface area (Å²) in [6.45, 7) is 3.12. The Kier molecular flexibility index (Phi) is 5.55. The SMILES string of the molecule is CCOC(=O)C1CN(C(C)=O)CCN1S(=O)(=O)c1ccc(F)cc1. The Morgan fingerprint density at radius 2 is 1.88 bits per heavy atom. The van der Waals surface area contributed by atoms with E-state index in [0.717, 1.165) is 28.6 Å². The van der Waals surface area contributed by atoms with Crippen molar-refractivity contribution in [2.45, 2.75) is 24.8 Å². The molecule has 1 aliphatic heterocycles. The zero-order valence-electron chi connectivity index (χ0n) is 13.4. The molecular weight excluding hydrogens is 339 g/mol. The fourth-order valence-corrected chi connectivity index (χ4v) is 4.07. The Bertz CT molecular complexity index is 720. The standard InChI is InChI=1S/C15H19FN2O5S/c1-3-23-15(20)14-10-17(11(2)19)8-9-18(14)24(21,22)13-6-4-12(16)5-7-13/h4-7,14H,3,8-10H2,1-2H3. The quantitative estimate of drug-likeness (QED) is 0.737. The lowest BCUT2D eigenvalue weighted by Crippen LogP contribution is -2.59. The van der Waals surface area contributed by atoms with Crippen LogP contribution >= 0.6 is 0 Å². The minimum Gasteiger partial charge on any atom is -0.465 e. The van der Waals surface area contributed by atoms with E-state index in [1.165, 1.54) is 11.8 Å². The first-order valence-electron chi connectivity index (χ1n) is 7.47. The highest BCUT2D eigenvalue weighted by atomic mass is 32.2. The molecule has 0 radical (unpaired) electrons. The Hall–Kier alpha value is -2.00. The second kappa shape index (κ2) is 7.27. The zero-order valence-corrected chi connectivity index (χ0v) is 14.3. The highest BCUT2D eigenvalue weighted by molar-refractivity contribution is 7.89. The number of nitrogens with zero attached hydrogens (tertiary/aromatic N) is 2. The van der Waals surface area contributed by atoms with Crippen molar-refractivity contribution in [2.24, 2.45) is 0 Å². The van der Waals surface area contributed by atoms with Crippen LogP contribution in [0.5, 0.6) is 0 Å². The molecule has 1 aromatic carbocycles. The number of carbonyl (C=O) groups excluding carboxylic acids is 2. The predicted molar refractivity (Wildman–Crippen MR) is 83.0 cm³/mol. The molecule has 0 N–H and O–H groups in total. The fraction of sp³-hybridized carbons (Fsp3) is 0.467. The predicted octanol–water partition coefficient (Wildman–Crippen LogP) is 0.610. The fourth-order valence-electron chi connectivity index (χ4n) is 2.51. The topological polar surface area (TPSA) is 84.0 Å². The molecule has 0 bridgehead atoms. The van der Waals surface area contributed by atoms with Gasteiger partial charge in [-0.2, -0.15) is 4.31 Å². The van der Waals surface area contributed by atoms with Gasteiger partial charge in [0.05, 0.1) is 11.5 Å². The average molecular weight is 358 g/mol. The van der Waals surface area contributed by atoms with Crippen LogP contribution in [0, 0.1) is 5.82 Å². The molecule has 0 aliphatic carbocycles. The molecule has 1 amide bonds. The second-order valence-electron chi connectivity index (χ2n) is 5.30. The van der Waals surface area contributed by atoms with E-state index in [4.69, 9.17) is 4.74 Å². The van der Waals surface area contributed by atoms with E-state index >= 15 is 0 Å². The summed E-state index contributed by atoms with van der Waals surface area (Å²) < 4.78 is 44.6. The van der Waals surface area contributed by atoms with Gasteiger partial charge in [-0.15, -0.1) is 0 Å². The number of hydrogen-bond acceptors (Lipinski definition) is 5. The van der Waals surface area contributed by atoms with Gasteiger partial charge in [0.15, 0.2) is 0 Å². The van der Waals surface area contributed by atoms with Crippen molar-refractivity contribution in [2.75, 3.05) is 26.2 Å². The molecule has 1 fully saturated rings. The molecule has 0 spiro atoms. The van der Waals surface area contributed by atoms with E-state index in [1.54, 1.807) is 6.92 Å². The van der Waals surface area contributed by atoms with Crippen LogP contribution in [0.3, 0.4) is 0 Å². The summed E-state index contributed by atoms with van der Waals surface area (Å²) in [7, 11) is -4.01. The average Bonchev–Trinajstić information content (AvgIpc) is 2.54. The molecule has 0 aromatic heterocycles. The Balaban J connectivity index is 2.35. The summed E-state index contributed by atoms with van der Waals surface area (Å²) in [5, 5.41) is 0. The van der Waals surface area contributed by atoms with Crippen LogP contribution in [0.2, 0.25) is 0 Å². The number of sulfonamides is 1. The van der Waals surface area contributed by atoms with Gasteiger partial charge in [0, 0.05) is 26.6 Å². The summed E-state index contributed by atoms with van der Waals surface area (Å²) in [5.74, 6) is -1.52. The Morgan fingerprint density at radius 3 is 2.42 bits per heavy atom. The first-order chi connectivity index (χ1) is 11.3. The van der Waals surface area contributed by atoms with E-state index in [-0.39, 0.29) is 37.0 Å². The third-order valence-electron chi connectivity index (χ3n) is 3.76. The Labute approximate surface area is 140 Å². The maximum atomic E-state index is 13.0. The lowest BCUT2D eigenvalue weighted by Gasteiger charge is -2.38. The highest BCUT2D eigenvalue weighted by Crippen LogP contribution is 2.22. The summed E-state index contributed by atoms with van der Waals surface area (Å²) in [4.78, 5) is 25.0. The number of hydrogen-bond donors (Lipinski definition) is 0. The van der Waals surface area contributed by atoms with Crippen LogP contribution in [0.4, 0.5) is 4.39 Å². The molecule has 1 aromatic rings. The van der Waals surface area contributed by atoms with Gasteiger partial charge in [0.1, 0.15) is 11.9 Å². The van der Waals surface area contributed by atoms with E-state index < -0.39 is 27.9 Å². The molecule has 1 saturated heterocycles. The van der Waals surface area contributed by atoms with Gasteiger partial charge in [-0.25, -0.2) is 12.8 Å². The molecule has 1 heterocycles. The minimum atomic E-state index is -4.01. The van der Waals surface area contributed by atoms with Crippen molar-refractivity contribution in [3.8, 4) is 0 Å². The van der Waals surface area contributed by atoms with Crippen LogP contribution in [-0.4, -0.2) is 61.8 Å². The van der Waals surface area contributed by atoms with Crippen molar-refractivity contribution < 1.29 is 27.1 Å². The van der Waals surface area contributed by atoms with Crippen LogP contribution < -0.4 is 0 Å². The highest BCUT2D eigenvalue weighted by Gasteiger charge is 2.41. The van der Waals surface area contributed by atoms with Crippen molar-refractivity contribution in [1.82, 2.24) is 9.21 Å². The maximum absolute atomic E-state index is 13.0. The molecule has 1 unspecified atom stereocenters. The molecule has 24 heavy (non-hydrogen) atoms. The number of amides is 1. The molecular formula is C15H19FN2O5S. The van der Waals surface area contributed by atoms with Gasteiger partial charge in [-0.3, -0.25) is 9.59 Å². The maximum Gasteiger partial charge on any atom is 0.326 e. The summed E-state index contributed by atoms with van der Waals surface area (Å²) in [5.41, 5.74) is 0. The number of esters is 1. The van der Waals surface area contributed by atoms with Crippen molar-refractivity contribution in [3.63, 3.8) is 0 Å². The van der Waals surface area contributed by atoms with E-state index in [0.29, 0.717) is 0 Å². The van der Waals surface area contributed by atoms with Crippen LogP contribution in [-0.2, 0) is 24.3 Å². The monoisotopic (exact) mass is 358 g/mol. The number of rotatable bonds is 4. The zero-order chi connectivity index (χ0) is 17.9. The number of benzene rings is 1. The van der Waals surface area contributed by atoms with Crippen LogP contribution in [0.1, 0.15) is 13.8 Å². The van der Waals surface area contributed by atoms with E-state index in [1.807, 2.05) is 0 Å². The number of ether oxygens (including phenoxy) is 1. The lowest BCUT2D eigenvalue weighted by atomic mass is 10.2. The van der Waals surface area contributed by atoms with Gasteiger partial charge in [-0.1, -0.05) is 0 Å². The smallest absolute Gasteiger partial charge is 0.326 e. The Morgan fingerprint density at radius 1 is 1.25 bits per heavy atom. The van der Waals surface area contributed by atoms with Crippen LogP contribution in [0.25, 0.3) is 0 Å². The molecule has 9 heteroatoms. The van der Waals surface area contributed by atoms with Gasteiger partial charge in [-0.05, 0) is 31.2 Å². The lowest BCUT2D eigenvalue weighted by molar-refractivity contribution is -0.150. The number of carbonyl (C=O) groups is 2. The molecule has 0 saturated carbocycles. The minimum absolute atomic E-state index is 0.0389. The molecule has 2 rings (SSSR count). The largest absolute Gasteiger partial charge is 0.465 e. The van der Waals surface area contributed by atoms with Gasteiger partial charge < -0.3 is 9.64 Å². The van der Waals surface area contributed by atoms with Gasteiger partial charge in [0.25, 0.3) is 0 Å². The van der Waals surface area contributed by atoms with Crippen molar-refractivity contribution >= 4 is 21.9 Å². The summed E-state index contributed by atoms with van der Waals surface area (Å²) >= 11 is 0. The number of halogens is 1. The molecule has 1 aliphatic rings. The number of piperazine rings is 1. The molecule has 132 valence electrons. The summed E-state index contributed by atoms with van der Waals surface area (Å²) in [6, 6.07) is 3.24. The summed E-state index contributed by atoms with van der Waals surface area (Å²) in [6.07, 6.45) is 0. The van der Waals surface area contributed by atoms with E-state index in [2.05, 4.69) is 0 Å².